The second kappa shape index (κ2) is 23.8. The van der Waals surface area contributed by atoms with Crippen LogP contribution in [0.15, 0.2) is 10.2 Å². The predicted octanol–water partition coefficient (Wildman–Crippen LogP) is 13.4. The second-order valence-corrected chi connectivity index (χ2v) is 13.9. The molecule has 37 heavy (non-hydrogen) atoms. The van der Waals surface area contributed by atoms with Crippen molar-refractivity contribution in [2.75, 3.05) is 0 Å². The molecule has 0 aromatic carbocycles. The molecule has 0 N–H and O–H groups in total. The van der Waals surface area contributed by atoms with E-state index in [4.69, 9.17) is 23.8 Å². The Morgan fingerprint density at radius 3 is 1.32 bits per heavy atom. The van der Waals surface area contributed by atoms with Gasteiger partial charge in [-0.25, -0.2) is 0 Å². The maximum Gasteiger partial charge on any atom is 0.181 e. The minimum absolute atomic E-state index is 0.293. The largest absolute Gasteiger partial charge is 0.181 e. The molecular weight excluding hydrogens is 492 g/mol. The molecule has 0 aromatic heterocycles. The van der Waals surface area contributed by atoms with Gasteiger partial charge in [-0.3, -0.25) is 0 Å². The van der Waals surface area contributed by atoms with Crippen LogP contribution in [-0.2, 0) is 0 Å². The third-order valence-electron chi connectivity index (χ3n) is 8.50. The molecule has 1 unspecified atom stereocenters. The van der Waals surface area contributed by atoms with Crippen LogP contribution in [-0.4, -0.2) is 10.5 Å². The molecule has 0 saturated carbocycles. The van der Waals surface area contributed by atoms with Crippen LogP contribution in [0.3, 0.4) is 0 Å². The Balaban J connectivity index is 0.000000908. The van der Waals surface area contributed by atoms with Crippen LogP contribution < -0.4 is 0 Å². The summed E-state index contributed by atoms with van der Waals surface area (Å²) in [5.74, 6) is 0. The summed E-state index contributed by atoms with van der Waals surface area (Å²) in [4.78, 5) is 0. The normalized spacial score (nSPS) is 14.8. The van der Waals surface area contributed by atoms with Crippen molar-refractivity contribution in [3.63, 3.8) is 0 Å². The number of halogens is 1. The lowest BCUT2D eigenvalue weighted by Gasteiger charge is -2.46. The molecule has 2 nitrogen and oxygen atoms in total. The standard InChI is InChI=1S/C21H39ClN2S.C12H26/c1-5-6-7-8-9-11-15-21(20(2,3)4,17-14-19-23-24-19)16-12-10-13-18(22)25;1-3-5-7-9-11-12-10-8-6-4-2/h19H,5-17H2,1-4H3;3-12H2,1-2H3. The highest BCUT2D eigenvalue weighted by molar-refractivity contribution is 7.83. The molecule has 1 aliphatic rings. The van der Waals surface area contributed by atoms with Gasteiger partial charge < -0.3 is 0 Å². The van der Waals surface area contributed by atoms with Gasteiger partial charge in [0.05, 0.1) is 4.32 Å². The van der Waals surface area contributed by atoms with Gasteiger partial charge in [0.15, 0.2) is 6.17 Å². The summed E-state index contributed by atoms with van der Waals surface area (Å²) in [5, 5.41) is 8.26. The van der Waals surface area contributed by atoms with Gasteiger partial charge >= 0.3 is 0 Å². The quantitative estimate of drug-likeness (QED) is 0.0658. The monoisotopic (exact) mass is 556 g/mol. The average Bonchev–Trinajstić information content (AvgIpc) is 3.68. The number of nitrogens with zero attached hydrogens (tertiary/aromatic N) is 2. The second-order valence-electron chi connectivity index (χ2n) is 12.7. The molecule has 0 fully saturated rings. The van der Waals surface area contributed by atoms with Crippen molar-refractivity contribution in [2.45, 2.75) is 195 Å². The van der Waals surface area contributed by atoms with E-state index in [-0.39, 0.29) is 0 Å². The van der Waals surface area contributed by atoms with E-state index in [9.17, 15) is 0 Å². The Morgan fingerprint density at radius 1 is 0.595 bits per heavy atom. The van der Waals surface area contributed by atoms with Crippen LogP contribution in [0.25, 0.3) is 0 Å². The molecule has 0 amide bonds. The van der Waals surface area contributed by atoms with Crippen molar-refractivity contribution in [1.29, 1.82) is 0 Å². The zero-order valence-corrected chi connectivity index (χ0v) is 27.6. The fraction of sp³-hybridized carbons (Fsp3) is 0.970. The van der Waals surface area contributed by atoms with E-state index < -0.39 is 0 Å². The summed E-state index contributed by atoms with van der Waals surface area (Å²) in [7, 11) is 0. The summed E-state index contributed by atoms with van der Waals surface area (Å²) < 4.78 is 0.632. The lowest BCUT2D eigenvalue weighted by Crippen LogP contribution is -2.36. The third kappa shape index (κ3) is 21.5. The highest BCUT2D eigenvalue weighted by Gasteiger charge is 2.41. The molecule has 220 valence electrons. The lowest BCUT2D eigenvalue weighted by molar-refractivity contribution is 0.0435. The fourth-order valence-electron chi connectivity index (χ4n) is 5.60. The summed E-state index contributed by atoms with van der Waals surface area (Å²) in [5.41, 5.74) is 0.700. The molecule has 4 heteroatoms. The molecule has 0 radical (unpaired) electrons. The molecule has 1 aliphatic heterocycles. The maximum absolute atomic E-state index is 5.88. The van der Waals surface area contributed by atoms with E-state index in [1.165, 1.54) is 128 Å². The highest BCUT2D eigenvalue weighted by Crippen LogP contribution is 2.51. The topological polar surface area (TPSA) is 24.7 Å². The minimum Gasteiger partial charge on any atom is -0.163 e. The number of unbranched alkanes of at least 4 members (excludes halogenated alkanes) is 15. The van der Waals surface area contributed by atoms with Crippen molar-refractivity contribution in [3.8, 4) is 0 Å². The first kappa shape index (κ1) is 37.0. The molecule has 1 heterocycles. The van der Waals surface area contributed by atoms with E-state index in [0.29, 0.717) is 21.3 Å². The van der Waals surface area contributed by atoms with Crippen LogP contribution in [0.5, 0.6) is 0 Å². The predicted molar refractivity (Wildman–Crippen MR) is 172 cm³/mol. The molecular formula is C33H65ClN2S. The van der Waals surface area contributed by atoms with E-state index >= 15 is 0 Å². The van der Waals surface area contributed by atoms with Crippen molar-refractivity contribution in [3.05, 3.63) is 0 Å². The number of hydrogen-bond acceptors (Lipinski definition) is 3. The van der Waals surface area contributed by atoms with Crippen LogP contribution in [0.4, 0.5) is 0 Å². The van der Waals surface area contributed by atoms with E-state index in [2.05, 4.69) is 51.8 Å². The van der Waals surface area contributed by atoms with Gasteiger partial charge in [0.25, 0.3) is 0 Å². The van der Waals surface area contributed by atoms with Gasteiger partial charge in [0, 0.05) is 0 Å². The Hall–Kier alpha value is -0.0200. The number of thiocarbonyl (C=S) groups is 1. The average molecular weight is 557 g/mol. The van der Waals surface area contributed by atoms with Crippen molar-refractivity contribution >= 4 is 28.1 Å². The van der Waals surface area contributed by atoms with Gasteiger partial charge in [0.2, 0.25) is 0 Å². The Morgan fingerprint density at radius 2 is 0.973 bits per heavy atom. The molecule has 0 saturated heterocycles. The zero-order valence-electron chi connectivity index (χ0n) is 26.0. The first-order chi connectivity index (χ1) is 17.7. The molecule has 0 spiro atoms. The number of rotatable bonds is 24. The first-order valence-corrected chi connectivity index (χ1v) is 17.1. The van der Waals surface area contributed by atoms with Crippen LogP contribution in [0.2, 0.25) is 0 Å². The summed E-state index contributed by atoms with van der Waals surface area (Å²) in [6.07, 6.45) is 31.2. The molecule has 0 aliphatic carbocycles. The molecule has 1 rings (SSSR count). The van der Waals surface area contributed by atoms with Crippen molar-refractivity contribution < 1.29 is 0 Å². The Kier molecular flexibility index (Phi) is 23.8. The van der Waals surface area contributed by atoms with Gasteiger partial charge in [-0.15, -0.1) is 0 Å². The van der Waals surface area contributed by atoms with Crippen LogP contribution >= 0.6 is 23.8 Å². The van der Waals surface area contributed by atoms with Gasteiger partial charge in [-0.2, -0.15) is 10.2 Å². The lowest BCUT2D eigenvalue weighted by atomic mass is 9.59. The zero-order chi connectivity index (χ0) is 27.8. The SMILES string of the molecule is CCCCCCCCC(CCCCC(=S)Cl)(CCC1N=N1)C(C)(C)C.CCCCCCCCCCCC. The van der Waals surface area contributed by atoms with Crippen molar-refractivity contribution in [2.24, 2.45) is 21.1 Å². The third-order valence-corrected chi connectivity index (χ3v) is 8.89. The molecule has 0 bridgehead atoms. The molecule has 1 atom stereocenters. The van der Waals surface area contributed by atoms with Crippen molar-refractivity contribution in [1.82, 2.24) is 0 Å². The maximum atomic E-state index is 5.88. The highest BCUT2D eigenvalue weighted by atomic mass is 35.5. The Bertz CT molecular complexity index is 541. The molecule has 0 aromatic rings. The van der Waals surface area contributed by atoms with Gasteiger partial charge in [-0.05, 0) is 49.4 Å². The summed E-state index contributed by atoms with van der Waals surface area (Å²) in [6, 6.07) is 0. The first-order valence-electron chi connectivity index (χ1n) is 16.3. The van der Waals surface area contributed by atoms with E-state index in [0.717, 1.165) is 19.3 Å². The van der Waals surface area contributed by atoms with Crippen LogP contribution in [0, 0.1) is 10.8 Å². The van der Waals surface area contributed by atoms with E-state index in [1.54, 1.807) is 0 Å². The summed E-state index contributed by atoms with van der Waals surface area (Å²) >= 11 is 10.9. The van der Waals surface area contributed by atoms with E-state index in [1.807, 2.05) is 0 Å². The minimum atomic E-state index is 0.293. The fourth-order valence-corrected chi connectivity index (χ4v) is 5.88. The number of hydrogen-bond donors (Lipinski definition) is 0. The Labute approximate surface area is 244 Å². The van der Waals surface area contributed by atoms with Crippen LogP contribution in [0.1, 0.15) is 189 Å². The summed E-state index contributed by atoms with van der Waals surface area (Å²) in [6.45, 7) is 14.1. The van der Waals surface area contributed by atoms with Gasteiger partial charge in [0.1, 0.15) is 0 Å². The smallest absolute Gasteiger partial charge is 0.163 e. The van der Waals surface area contributed by atoms with Gasteiger partial charge in [-0.1, -0.05) is 175 Å².